The van der Waals surface area contributed by atoms with Crippen molar-refractivity contribution in [3.05, 3.63) is 84.9 Å². The number of hydrogen-bond donors (Lipinski definition) is 2. The van der Waals surface area contributed by atoms with Gasteiger partial charge in [0.05, 0.1) is 24.6 Å². The van der Waals surface area contributed by atoms with E-state index in [1.807, 2.05) is 62.1 Å². The summed E-state index contributed by atoms with van der Waals surface area (Å²) in [6, 6.07) is 17.5. The first kappa shape index (κ1) is 33.6. The van der Waals surface area contributed by atoms with Crippen LogP contribution >= 0.6 is 0 Å². The predicted octanol–water partition coefficient (Wildman–Crippen LogP) is 5.95. The van der Waals surface area contributed by atoms with Crippen LogP contribution in [-0.4, -0.2) is 92.8 Å². The van der Waals surface area contributed by atoms with Crippen molar-refractivity contribution in [3.63, 3.8) is 0 Å². The molecule has 3 amide bonds. The highest BCUT2D eigenvalue weighted by atomic mass is 16.6. The van der Waals surface area contributed by atoms with Crippen LogP contribution < -0.4 is 15.5 Å². The highest BCUT2D eigenvalue weighted by Crippen LogP contribution is 2.28. The Balaban J connectivity index is 1.13. The molecule has 6 rings (SSSR count). The van der Waals surface area contributed by atoms with Crippen molar-refractivity contribution in [2.45, 2.75) is 51.9 Å². The van der Waals surface area contributed by atoms with Crippen molar-refractivity contribution in [1.82, 2.24) is 29.7 Å². The van der Waals surface area contributed by atoms with Crippen LogP contribution in [0.2, 0.25) is 0 Å². The molecule has 2 fully saturated rings. The Labute approximate surface area is 286 Å². The number of benzene rings is 1. The number of anilines is 4. The van der Waals surface area contributed by atoms with E-state index < -0.39 is 5.60 Å². The summed E-state index contributed by atoms with van der Waals surface area (Å²) in [5.74, 6) is 1.81. The lowest BCUT2D eigenvalue weighted by atomic mass is 10.1. The van der Waals surface area contributed by atoms with E-state index >= 15 is 0 Å². The second-order valence-electron chi connectivity index (χ2n) is 13.1. The van der Waals surface area contributed by atoms with Crippen LogP contribution in [-0.2, 0) is 16.1 Å². The number of nitrogens with one attached hydrogen (secondary N) is 2. The maximum absolute atomic E-state index is 13.4. The molecular weight excluding hydrogens is 622 g/mol. The average molecular weight is 666 g/mol. The summed E-state index contributed by atoms with van der Waals surface area (Å²) in [7, 11) is 0. The first-order valence-electron chi connectivity index (χ1n) is 16.6. The summed E-state index contributed by atoms with van der Waals surface area (Å²) in [4.78, 5) is 49.6. The van der Waals surface area contributed by atoms with Gasteiger partial charge in [-0.05, 0) is 57.4 Å². The van der Waals surface area contributed by atoms with Crippen molar-refractivity contribution in [1.29, 1.82) is 0 Å². The minimum absolute atomic E-state index is 0.112. The fourth-order valence-corrected chi connectivity index (χ4v) is 5.72. The minimum atomic E-state index is -0.541. The monoisotopic (exact) mass is 665 g/mol. The summed E-state index contributed by atoms with van der Waals surface area (Å²) in [5.41, 5.74) is 2.67. The second-order valence-corrected chi connectivity index (χ2v) is 13.1. The molecule has 3 aromatic heterocycles. The number of amides is 3. The third-order valence-corrected chi connectivity index (χ3v) is 8.25. The molecular formula is C36H43N9O4. The number of carbonyl (C=O) groups is 2. The number of aromatic nitrogens is 4. The van der Waals surface area contributed by atoms with Crippen LogP contribution in [0.5, 0.6) is 0 Å². The molecule has 2 aliphatic rings. The fraction of sp³-hybridized carbons (Fsp3) is 0.389. The molecule has 0 atom stereocenters. The summed E-state index contributed by atoms with van der Waals surface area (Å²) in [6.45, 7) is 9.66. The molecule has 0 aliphatic carbocycles. The molecule has 2 saturated heterocycles. The van der Waals surface area contributed by atoms with E-state index in [1.165, 1.54) is 0 Å². The van der Waals surface area contributed by atoms with Crippen LogP contribution in [0.1, 0.15) is 39.2 Å². The SMILES string of the molecule is CC(C)(C)OC(=O)N1CCN(c2cc(-c3cc(NC(=O)N4CCC(OCc5ccccc5)CC4)cc(Nc4cnccn4)n3)ccn2)CC1. The Morgan fingerprint density at radius 3 is 2.35 bits per heavy atom. The minimum Gasteiger partial charge on any atom is -0.444 e. The van der Waals surface area contributed by atoms with E-state index in [4.69, 9.17) is 14.5 Å². The van der Waals surface area contributed by atoms with Crippen LogP contribution in [0.25, 0.3) is 11.3 Å². The van der Waals surface area contributed by atoms with Crippen molar-refractivity contribution in [3.8, 4) is 11.3 Å². The van der Waals surface area contributed by atoms with E-state index in [-0.39, 0.29) is 18.2 Å². The Morgan fingerprint density at radius 1 is 0.857 bits per heavy atom. The Kier molecular flexibility index (Phi) is 10.5. The van der Waals surface area contributed by atoms with Gasteiger partial charge in [0.2, 0.25) is 0 Å². The van der Waals surface area contributed by atoms with E-state index in [0.717, 1.165) is 29.8 Å². The number of pyridine rings is 2. The third kappa shape index (κ3) is 9.41. The smallest absolute Gasteiger partial charge is 0.410 e. The quantitative estimate of drug-likeness (QED) is 0.232. The van der Waals surface area contributed by atoms with E-state index in [1.54, 1.807) is 35.8 Å². The number of carbonyl (C=O) groups excluding carboxylic acids is 2. The molecule has 256 valence electrons. The van der Waals surface area contributed by atoms with Gasteiger partial charge in [0.15, 0.2) is 0 Å². The van der Waals surface area contributed by atoms with Crippen molar-refractivity contribution < 1.29 is 19.1 Å². The van der Waals surface area contributed by atoms with Gasteiger partial charge in [-0.1, -0.05) is 30.3 Å². The van der Waals surface area contributed by atoms with Gasteiger partial charge >= 0.3 is 12.1 Å². The number of hydrogen-bond acceptors (Lipinski definition) is 10. The van der Waals surface area contributed by atoms with Gasteiger partial charge in [0.1, 0.15) is 23.1 Å². The van der Waals surface area contributed by atoms with Gasteiger partial charge in [-0.25, -0.2) is 24.5 Å². The molecule has 4 aromatic rings. The van der Waals surface area contributed by atoms with Gasteiger partial charge in [0.25, 0.3) is 0 Å². The molecule has 2 N–H and O–H groups in total. The molecule has 0 bridgehead atoms. The Bertz CT molecular complexity index is 1700. The number of piperazine rings is 1. The molecule has 49 heavy (non-hydrogen) atoms. The first-order chi connectivity index (χ1) is 23.7. The lowest BCUT2D eigenvalue weighted by Crippen LogP contribution is -2.50. The van der Waals surface area contributed by atoms with Gasteiger partial charge < -0.3 is 34.8 Å². The maximum atomic E-state index is 13.4. The molecule has 13 heteroatoms. The highest BCUT2D eigenvalue weighted by molar-refractivity contribution is 5.91. The Morgan fingerprint density at radius 2 is 1.63 bits per heavy atom. The average Bonchev–Trinajstić information content (AvgIpc) is 3.11. The second kappa shape index (κ2) is 15.3. The van der Waals surface area contributed by atoms with Crippen molar-refractivity contribution in [2.75, 3.05) is 54.8 Å². The molecule has 1 aromatic carbocycles. The van der Waals surface area contributed by atoms with E-state index in [2.05, 4.69) is 42.6 Å². The highest BCUT2D eigenvalue weighted by Gasteiger charge is 2.27. The lowest BCUT2D eigenvalue weighted by Gasteiger charge is -2.36. The lowest BCUT2D eigenvalue weighted by molar-refractivity contribution is 0.00539. The topological polar surface area (TPSA) is 138 Å². The molecule has 13 nitrogen and oxygen atoms in total. The molecule has 5 heterocycles. The molecule has 0 unspecified atom stereocenters. The summed E-state index contributed by atoms with van der Waals surface area (Å²) in [5, 5.41) is 6.29. The molecule has 0 spiro atoms. The summed E-state index contributed by atoms with van der Waals surface area (Å²) < 4.78 is 11.7. The number of urea groups is 1. The normalized spacial score (nSPS) is 15.5. The molecule has 0 saturated carbocycles. The van der Waals surface area contributed by atoms with Crippen molar-refractivity contribution in [2.24, 2.45) is 0 Å². The third-order valence-electron chi connectivity index (χ3n) is 8.25. The van der Waals surface area contributed by atoms with E-state index in [0.29, 0.717) is 68.9 Å². The van der Waals surface area contributed by atoms with Crippen LogP contribution in [0, 0.1) is 0 Å². The predicted molar refractivity (Wildman–Crippen MR) is 188 cm³/mol. The zero-order valence-corrected chi connectivity index (χ0v) is 28.2. The van der Waals surface area contributed by atoms with Crippen molar-refractivity contribution >= 4 is 35.3 Å². The number of rotatable bonds is 8. The zero-order chi connectivity index (χ0) is 34.2. The Hall–Kier alpha value is -5.30. The van der Waals surface area contributed by atoms with Crippen LogP contribution in [0.15, 0.2) is 79.4 Å². The van der Waals surface area contributed by atoms with Gasteiger partial charge in [-0.15, -0.1) is 0 Å². The van der Waals surface area contributed by atoms with Crippen LogP contribution in [0.3, 0.4) is 0 Å². The summed E-state index contributed by atoms with van der Waals surface area (Å²) >= 11 is 0. The largest absolute Gasteiger partial charge is 0.444 e. The van der Waals surface area contributed by atoms with Gasteiger partial charge in [-0.2, -0.15) is 0 Å². The number of likely N-dealkylation sites (tertiary alicyclic amines) is 1. The number of piperidine rings is 1. The summed E-state index contributed by atoms with van der Waals surface area (Å²) in [6.07, 6.45) is 7.90. The van der Waals surface area contributed by atoms with Crippen LogP contribution in [0.4, 0.5) is 32.7 Å². The molecule has 2 aliphatic heterocycles. The number of nitrogens with zero attached hydrogens (tertiary/aromatic N) is 7. The first-order valence-corrected chi connectivity index (χ1v) is 16.6. The van der Waals surface area contributed by atoms with E-state index in [9.17, 15) is 9.59 Å². The van der Waals surface area contributed by atoms with Gasteiger partial charge in [-0.3, -0.25) is 4.98 Å². The molecule has 0 radical (unpaired) electrons. The number of ether oxygens (including phenoxy) is 2. The standard InChI is InChI=1S/C36H43N9O4/c1-36(2,3)49-35(47)45-19-17-43(18-20-45)33-21-27(9-12-39-33)30-22-28(23-31(41-30)42-32-24-37-13-14-38-32)40-34(46)44-15-10-29(11-16-44)48-25-26-7-5-4-6-8-26/h4-9,12-14,21-24,29H,10-11,15-20,25H2,1-3H3,(H2,38,40,41,42,46). The fourth-order valence-electron chi connectivity index (χ4n) is 5.72. The van der Waals surface area contributed by atoms with Gasteiger partial charge in [0, 0.05) is 75.2 Å². The maximum Gasteiger partial charge on any atom is 0.410 e. The zero-order valence-electron chi connectivity index (χ0n) is 28.2.